The number of tetrazole rings is 1. The molecule has 9 nitrogen and oxygen atoms in total. The fourth-order valence-corrected chi connectivity index (χ4v) is 2.84. The number of fused-ring (bicyclic) bond motifs is 1. The first-order chi connectivity index (χ1) is 11.9. The molecule has 0 aliphatic carbocycles. The molecular formula is C16H21N7O2. The molecule has 2 heterocycles. The van der Waals surface area contributed by atoms with E-state index in [4.69, 9.17) is 0 Å². The third kappa shape index (κ3) is 3.22. The number of carbonyl (C=O) groups excluding carboxylic acids is 2. The van der Waals surface area contributed by atoms with Crippen LogP contribution in [0.1, 0.15) is 16.2 Å². The van der Waals surface area contributed by atoms with Crippen LogP contribution in [0.2, 0.25) is 0 Å². The number of aromatic nitrogens is 4. The summed E-state index contributed by atoms with van der Waals surface area (Å²) in [6, 6.07) is 5.74. The maximum atomic E-state index is 12.7. The number of rotatable bonds is 4. The molecule has 2 amide bonds. The smallest absolute Gasteiger partial charge is 0.297 e. The molecular weight excluding hydrogens is 322 g/mol. The topological polar surface area (TPSA) is 87.5 Å². The van der Waals surface area contributed by atoms with Gasteiger partial charge < -0.3 is 14.7 Å². The van der Waals surface area contributed by atoms with Gasteiger partial charge in [-0.2, -0.15) is 0 Å². The lowest BCUT2D eigenvalue weighted by Crippen LogP contribution is -2.35. The quantitative estimate of drug-likeness (QED) is 0.773. The van der Waals surface area contributed by atoms with Gasteiger partial charge in [-0.05, 0) is 48.6 Å². The summed E-state index contributed by atoms with van der Waals surface area (Å²) in [5.74, 6) is -0.0701. The van der Waals surface area contributed by atoms with E-state index < -0.39 is 0 Å². The van der Waals surface area contributed by atoms with Crippen LogP contribution in [0.4, 0.5) is 11.4 Å². The molecule has 3 rings (SSSR count). The average Bonchev–Trinajstić information content (AvgIpc) is 3.18. The van der Waals surface area contributed by atoms with Gasteiger partial charge in [0.25, 0.3) is 5.91 Å². The Balaban J connectivity index is 1.88. The van der Waals surface area contributed by atoms with Gasteiger partial charge in [0.15, 0.2) is 0 Å². The van der Waals surface area contributed by atoms with Crippen molar-refractivity contribution in [2.24, 2.45) is 7.05 Å². The van der Waals surface area contributed by atoms with Crippen LogP contribution in [0.5, 0.6) is 0 Å². The molecule has 0 fully saturated rings. The molecule has 132 valence electrons. The highest BCUT2D eigenvalue weighted by Gasteiger charge is 2.29. The molecule has 0 saturated heterocycles. The summed E-state index contributed by atoms with van der Waals surface area (Å²) >= 11 is 0. The molecule has 2 aromatic rings. The molecule has 0 unspecified atom stereocenters. The molecule has 9 heteroatoms. The lowest BCUT2D eigenvalue weighted by atomic mass is 10.1. The molecule has 0 atom stereocenters. The van der Waals surface area contributed by atoms with E-state index in [1.807, 2.05) is 37.2 Å². The largest absolute Gasteiger partial charge is 0.314 e. The van der Waals surface area contributed by atoms with Gasteiger partial charge in [-0.25, -0.2) is 4.68 Å². The number of aryl methyl sites for hydroxylation is 1. The van der Waals surface area contributed by atoms with E-state index in [-0.39, 0.29) is 17.6 Å². The van der Waals surface area contributed by atoms with Crippen LogP contribution in [0.3, 0.4) is 0 Å². The predicted octanol–water partition coefficient (Wildman–Crippen LogP) is -0.0626. The first-order valence-electron chi connectivity index (χ1n) is 7.97. The Kier molecular flexibility index (Phi) is 4.49. The minimum absolute atomic E-state index is 0.0154. The normalized spacial score (nSPS) is 13.2. The molecule has 1 aromatic carbocycles. The van der Waals surface area contributed by atoms with Gasteiger partial charge in [0.05, 0.1) is 6.54 Å². The highest BCUT2D eigenvalue weighted by atomic mass is 16.2. The molecule has 0 spiro atoms. The summed E-state index contributed by atoms with van der Waals surface area (Å²) in [5, 5.41) is 11.0. The fourth-order valence-electron chi connectivity index (χ4n) is 2.84. The highest BCUT2D eigenvalue weighted by Crippen LogP contribution is 2.32. The number of nitrogens with zero attached hydrogens (tertiary/aromatic N) is 7. The number of hydrogen-bond acceptors (Lipinski definition) is 6. The Morgan fingerprint density at radius 1 is 1.24 bits per heavy atom. The standard InChI is InChI=1S/C16H21N7O2/c1-20(2)10-14(24)21(3)12-6-5-11-7-8-23(13(11)9-12)16(25)15-17-18-19-22(15)4/h5-6,9H,7-8,10H2,1-4H3. The Morgan fingerprint density at radius 3 is 2.64 bits per heavy atom. The number of benzene rings is 1. The monoisotopic (exact) mass is 343 g/mol. The van der Waals surface area contributed by atoms with Crippen molar-refractivity contribution in [1.29, 1.82) is 0 Å². The first-order valence-corrected chi connectivity index (χ1v) is 7.97. The zero-order chi connectivity index (χ0) is 18.1. The van der Waals surface area contributed by atoms with E-state index in [2.05, 4.69) is 15.5 Å². The van der Waals surface area contributed by atoms with Crippen molar-refractivity contribution in [3.05, 3.63) is 29.6 Å². The predicted molar refractivity (Wildman–Crippen MR) is 92.6 cm³/mol. The second-order valence-corrected chi connectivity index (χ2v) is 6.34. The molecule has 1 aliphatic rings. The summed E-state index contributed by atoms with van der Waals surface area (Å²) in [6.07, 6.45) is 0.766. The van der Waals surface area contributed by atoms with Crippen molar-refractivity contribution < 1.29 is 9.59 Å². The SMILES string of the molecule is CN(C)CC(=O)N(C)c1ccc2c(c1)N(C(=O)c1nnnn1C)CC2. The number of likely N-dealkylation sites (N-methyl/N-ethyl adjacent to an activating group) is 2. The Bertz CT molecular complexity index is 815. The summed E-state index contributed by atoms with van der Waals surface area (Å²) < 4.78 is 1.36. The van der Waals surface area contributed by atoms with Gasteiger partial charge >= 0.3 is 0 Å². The van der Waals surface area contributed by atoms with Crippen molar-refractivity contribution >= 4 is 23.2 Å². The molecule has 0 radical (unpaired) electrons. The summed E-state index contributed by atoms with van der Waals surface area (Å²) in [7, 11) is 7.07. The van der Waals surface area contributed by atoms with E-state index in [1.165, 1.54) is 4.68 Å². The van der Waals surface area contributed by atoms with Crippen LogP contribution < -0.4 is 9.80 Å². The Labute approximate surface area is 145 Å². The number of amides is 2. The summed E-state index contributed by atoms with van der Waals surface area (Å²) in [5.41, 5.74) is 2.62. The van der Waals surface area contributed by atoms with E-state index in [1.54, 1.807) is 23.9 Å². The minimum atomic E-state index is -0.245. The second-order valence-electron chi connectivity index (χ2n) is 6.34. The first kappa shape index (κ1) is 17.0. The van der Waals surface area contributed by atoms with Crippen molar-refractivity contribution in [2.75, 3.05) is 44.0 Å². The highest BCUT2D eigenvalue weighted by molar-refractivity contribution is 6.05. The molecule has 0 N–H and O–H groups in total. The van der Waals surface area contributed by atoms with Crippen LogP contribution in [0.15, 0.2) is 18.2 Å². The number of carbonyl (C=O) groups is 2. The maximum Gasteiger partial charge on any atom is 0.297 e. The van der Waals surface area contributed by atoms with Gasteiger partial charge in [0.2, 0.25) is 11.7 Å². The van der Waals surface area contributed by atoms with Gasteiger partial charge in [-0.1, -0.05) is 6.07 Å². The number of hydrogen-bond donors (Lipinski definition) is 0. The van der Waals surface area contributed by atoms with Crippen molar-refractivity contribution in [1.82, 2.24) is 25.1 Å². The van der Waals surface area contributed by atoms with Gasteiger partial charge in [-0.15, -0.1) is 5.10 Å². The van der Waals surface area contributed by atoms with Gasteiger partial charge in [0.1, 0.15) is 0 Å². The second kappa shape index (κ2) is 6.60. The van der Waals surface area contributed by atoms with Crippen LogP contribution in [-0.4, -0.2) is 71.2 Å². The molecule has 0 bridgehead atoms. The number of anilines is 2. The molecule has 25 heavy (non-hydrogen) atoms. The van der Waals surface area contributed by atoms with Crippen molar-refractivity contribution in [3.8, 4) is 0 Å². The van der Waals surface area contributed by atoms with E-state index in [0.717, 1.165) is 23.4 Å². The minimum Gasteiger partial charge on any atom is -0.314 e. The van der Waals surface area contributed by atoms with Crippen LogP contribution in [0.25, 0.3) is 0 Å². The summed E-state index contributed by atoms with van der Waals surface area (Å²) in [4.78, 5) is 30.1. The van der Waals surface area contributed by atoms with Crippen LogP contribution in [-0.2, 0) is 18.3 Å². The Morgan fingerprint density at radius 2 is 2.00 bits per heavy atom. The van der Waals surface area contributed by atoms with E-state index in [9.17, 15) is 9.59 Å². The van der Waals surface area contributed by atoms with Crippen LogP contribution in [0, 0.1) is 0 Å². The lowest BCUT2D eigenvalue weighted by Gasteiger charge is -2.22. The van der Waals surface area contributed by atoms with E-state index >= 15 is 0 Å². The van der Waals surface area contributed by atoms with Crippen molar-refractivity contribution in [3.63, 3.8) is 0 Å². The zero-order valence-electron chi connectivity index (χ0n) is 14.8. The third-order valence-electron chi connectivity index (χ3n) is 4.23. The van der Waals surface area contributed by atoms with Crippen molar-refractivity contribution in [2.45, 2.75) is 6.42 Å². The van der Waals surface area contributed by atoms with Gasteiger partial charge in [-0.3, -0.25) is 9.59 Å². The fraction of sp³-hybridized carbons (Fsp3) is 0.438. The molecule has 0 saturated carbocycles. The third-order valence-corrected chi connectivity index (χ3v) is 4.23. The molecule has 1 aliphatic heterocycles. The van der Waals surface area contributed by atoms with E-state index in [0.29, 0.717) is 13.1 Å². The lowest BCUT2D eigenvalue weighted by molar-refractivity contribution is -0.118. The average molecular weight is 343 g/mol. The van der Waals surface area contributed by atoms with Gasteiger partial charge in [0, 0.05) is 32.0 Å². The maximum absolute atomic E-state index is 12.7. The molecule has 1 aromatic heterocycles. The summed E-state index contributed by atoms with van der Waals surface area (Å²) in [6.45, 7) is 0.890. The Hall–Kier alpha value is -2.81. The zero-order valence-corrected chi connectivity index (χ0v) is 14.8. The van der Waals surface area contributed by atoms with Crippen LogP contribution >= 0.6 is 0 Å².